The zero-order valence-electron chi connectivity index (χ0n) is 19.3. The van der Waals surface area contributed by atoms with Crippen LogP contribution in [0.3, 0.4) is 0 Å². The topological polar surface area (TPSA) is 54.0 Å². The van der Waals surface area contributed by atoms with E-state index in [9.17, 15) is 4.79 Å². The van der Waals surface area contributed by atoms with Gasteiger partial charge in [0.05, 0.1) is 25.8 Å². The van der Waals surface area contributed by atoms with Crippen molar-refractivity contribution in [2.75, 3.05) is 58.4 Å². The zero-order chi connectivity index (χ0) is 22.3. The van der Waals surface area contributed by atoms with Gasteiger partial charge in [-0.25, -0.2) is 0 Å². The minimum absolute atomic E-state index is 0.0979. The van der Waals surface area contributed by atoms with Gasteiger partial charge in [0.2, 0.25) is 5.91 Å². The Morgan fingerprint density at radius 3 is 2.53 bits per heavy atom. The van der Waals surface area contributed by atoms with Crippen LogP contribution in [0.15, 0.2) is 42.5 Å². The molecule has 0 aromatic heterocycles. The van der Waals surface area contributed by atoms with Gasteiger partial charge in [-0.05, 0) is 56.0 Å². The third kappa shape index (κ3) is 5.01. The summed E-state index contributed by atoms with van der Waals surface area (Å²) in [6.45, 7) is 5.76. The van der Waals surface area contributed by atoms with Gasteiger partial charge >= 0.3 is 0 Å². The minimum Gasteiger partial charge on any atom is -0.496 e. The van der Waals surface area contributed by atoms with E-state index in [-0.39, 0.29) is 11.8 Å². The lowest BCUT2D eigenvalue weighted by Gasteiger charge is -2.36. The normalized spacial score (nSPS) is 18.7. The number of hydrogen-bond acceptors (Lipinski definition) is 5. The molecule has 1 aliphatic heterocycles. The number of methoxy groups -OCH3 is 2. The highest BCUT2D eigenvalue weighted by molar-refractivity contribution is 5.85. The summed E-state index contributed by atoms with van der Waals surface area (Å²) in [6.07, 6.45) is 3.93. The largest absolute Gasteiger partial charge is 0.496 e. The number of rotatable bonds is 8. The van der Waals surface area contributed by atoms with Crippen LogP contribution in [0.2, 0.25) is 0 Å². The van der Waals surface area contributed by atoms with Crippen LogP contribution in [0.25, 0.3) is 0 Å². The molecular weight excluding hydrogens is 402 g/mol. The van der Waals surface area contributed by atoms with Gasteiger partial charge in [0.25, 0.3) is 0 Å². The molecule has 4 rings (SSSR count). The fourth-order valence-electron chi connectivity index (χ4n) is 5.02. The summed E-state index contributed by atoms with van der Waals surface area (Å²) in [6, 6.07) is 14.3. The summed E-state index contributed by atoms with van der Waals surface area (Å²) >= 11 is 0. The van der Waals surface area contributed by atoms with Crippen molar-refractivity contribution < 1.29 is 14.3 Å². The molecule has 1 N–H and O–H groups in total. The van der Waals surface area contributed by atoms with E-state index in [0.717, 1.165) is 75.5 Å². The Balaban J connectivity index is 1.22. The average Bonchev–Trinajstić information content (AvgIpc) is 2.86. The fourth-order valence-corrected chi connectivity index (χ4v) is 5.02. The number of aryl methyl sites for hydroxylation is 1. The minimum atomic E-state index is -0.0979. The van der Waals surface area contributed by atoms with Gasteiger partial charge in [-0.15, -0.1) is 0 Å². The van der Waals surface area contributed by atoms with E-state index >= 15 is 0 Å². The number of amides is 1. The third-order valence-electron chi connectivity index (χ3n) is 6.73. The number of benzene rings is 2. The van der Waals surface area contributed by atoms with Crippen molar-refractivity contribution in [1.29, 1.82) is 0 Å². The Bertz CT molecular complexity index is 895. The monoisotopic (exact) mass is 437 g/mol. The molecule has 1 fully saturated rings. The first kappa shape index (κ1) is 22.5. The summed E-state index contributed by atoms with van der Waals surface area (Å²) in [5.41, 5.74) is 3.51. The molecule has 1 saturated heterocycles. The van der Waals surface area contributed by atoms with E-state index in [1.165, 1.54) is 11.3 Å². The number of carbonyl (C=O) groups excluding carboxylic acids is 1. The predicted octanol–water partition coefficient (Wildman–Crippen LogP) is 3.45. The van der Waals surface area contributed by atoms with Crippen LogP contribution in [0.5, 0.6) is 11.5 Å². The first-order valence-corrected chi connectivity index (χ1v) is 11.7. The van der Waals surface area contributed by atoms with Crippen molar-refractivity contribution in [3.8, 4) is 11.5 Å². The summed E-state index contributed by atoms with van der Waals surface area (Å²) < 4.78 is 11.1. The van der Waals surface area contributed by atoms with Crippen molar-refractivity contribution in [3.63, 3.8) is 0 Å². The lowest BCUT2D eigenvalue weighted by molar-refractivity contribution is -0.122. The molecule has 1 aliphatic carbocycles. The average molecular weight is 438 g/mol. The van der Waals surface area contributed by atoms with E-state index in [1.807, 2.05) is 24.3 Å². The van der Waals surface area contributed by atoms with E-state index < -0.39 is 0 Å². The first-order valence-electron chi connectivity index (χ1n) is 11.7. The number of ether oxygens (including phenoxy) is 2. The molecular formula is C26H35N3O3. The molecule has 2 aromatic carbocycles. The van der Waals surface area contributed by atoms with Gasteiger partial charge in [-0.2, -0.15) is 0 Å². The summed E-state index contributed by atoms with van der Waals surface area (Å²) in [5, 5.41) is 3.19. The summed E-state index contributed by atoms with van der Waals surface area (Å²) in [7, 11) is 3.41. The standard InChI is InChI=1S/C26H35N3O3/c1-31-23-12-4-3-11-22(23)29-18-16-28(17-19-29)15-7-14-27-26(30)21-10-5-8-20-9-6-13-24(32-2)25(20)21/h3-4,6,9,11-13,21H,5,7-8,10,14-19H2,1-2H3,(H,27,30). The number of para-hydroxylation sites is 2. The van der Waals surface area contributed by atoms with Gasteiger partial charge < -0.3 is 19.7 Å². The summed E-state index contributed by atoms with van der Waals surface area (Å²) in [5.74, 6) is 1.82. The molecule has 0 spiro atoms. The van der Waals surface area contributed by atoms with Gasteiger partial charge in [-0.3, -0.25) is 9.69 Å². The van der Waals surface area contributed by atoms with Gasteiger partial charge in [-0.1, -0.05) is 24.3 Å². The second-order valence-corrected chi connectivity index (χ2v) is 8.62. The number of fused-ring (bicyclic) bond motifs is 1. The molecule has 172 valence electrons. The predicted molar refractivity (Wildman–Crippen MR) is 128 cm³/mol. The fraction of sp³-hybridized carbons (Fsp3) is 0.500. The second kappa shape index (κ2) is 10.7. The van der Waals surface area contributed by atoms with E-state index in [1.54, 1.807) is 14.2 Å². The van der Waals surface area contributed by atoms with Crippen molar-refractivity contribution >= 4 is 11.6 Å². The van der Waals surface area contributed by atoms with Crippen LogP contribution in [-0.2, 0) is 11.2 Å². The molecule has 0 radical (unpaired) electrons. The molecule has 1 amide bonds. The van der Waals surface area contributed by atoms with Crippen LogP contribution in [0.4, 0.5) is 5.69 Å². The Labute approximate surface area is 191 Å². The highest BCUT2D eigenvalue weighted by atomic mass is 16.5. The molecule has 6 nitrogen and oxygen atoms in total. The number of piperazine rings is 1. The van der Waals surface area contributed by atoms with E-state index in [2.05, 4.69) is 33.3 Å². The Morgan fingerprint density at radius 1 is 1.00 bits per heavy atom. The van der Waals surface area contributed by atoms with Gasteiger partial charge in [0.1, 0.15) is 11.5 Å². The lowest BCUT2D eigenvalue weighted by Crippen LogP contribution is -2.47. The lowest BCUT2D eigenvalue weighted by atomic mass is 9.81. The molecule has 32 heavy (non-hydrogen) atoms. The number of carbonyl (C=O) groups is 1. The molecule has 1 unspecified atom stereocenters. The Hall–Kier alpha value is -2.73. The molecule has 0 bridgehead atoms. The number of anilines is 1. The highest BCUT2D eigenvalue weighted by Gasteiger charge is 2.29. The van der Waals surface area contributed by atoms with Crippen LogP contribution >= 0.6 is 0 Å². The van der Waals surface area contributed by atoms with Crippen molar-refractivity contribution in [2.45, 2.75) is 31.6 Å². The second-order valence-electron chi connectivity index (χ2n) is 8.62. The van der Waals surface area contributed by atoms with Crippen molar-refractivity contribution in [2.24, 2.45) is 0 Å². The maximum absolute atomic E-state index is 12.9. The molecule has 2 aromatic rings. The van der Waals surface area contributed by atoms with Gasteiger partial charge in [0, 0.05) is 38.3 Å². The van der Waals surface area contributed by atoms with Crippen LogP contribution < -0.4 is 19.7 Å². The van der Waals surface area contributed by atoms with Crippen LogP contribution in [0.1, 0.15) is 36.3 Å². The molecule has 1 heterocycles. The Kier molecular flexibility index (Phi) is 7.53. The maximum Gasteiger partial charge on any atom is 0.227 e. The van der Waals surface area contributed by atoms with Crippen molar-refractivity contribution in [3.05, 3.63) is 53.6 Å². The molecule has 6 heteroatoms. The van der Waals surface area contributed by atoms with Crippen molar-refractivity contribution in [1.82, 2.24) is 10.2 Å². The molecule has 1 atom stereocenters. The number of hydrogen-bond donors (Lipinski definition) is 1. The van der Waals surface area contributed by atoms with E-state index in [4.69, 9.17) is 9.47 Å². The first-order chi connectivity index (χ1) is 15.7. The number of nitrogens with one attached hydrogen (secondary N) is 1. The SMILES string of the molecule is COc1ccccc1N1CCN(CCCNC(=O)C2CCCc3cccc(OC)c32)CC1. The van der Waals surface area contributed by atoms with Crippen LogP contribution in [-0.4, -0.2) is 64.3 Å². The van der Waals surface area contributed by atoms with Crippen LogP contribution in [0, 0.1) is 0 Å². The van der Waals surface area contributed by atoms with E-state index in [0.29, 0.717) is 6.54 Å². The quantitative estimate of drug-likeness (QED) is 0.641. The van der Waals surface area contributed by atoms with Gasteiger partial charge in [0.15, 0.2) is 0 Å². The highest BCUT2D eigenvalue weighted by Crippen LogP contribution is 2.38. The molecule has 2 aliphatic rings. The molecule has 0 saturated carbocycles. The Morgan fingerprint density at radius 2 is 1.75 bits per heavy atom. The maximum atomic E-state index is 12.9. The smallest absolute Gasteiger partial charge is 0.227 e. The third-order valence-corrected chi connectivity index (χ3v) is 6.73. The summed E-state index contributed by atoms with van der Waals surface area (Å²) in [4.78, 5) is 17.8. The zero-order valence-corrected chi connectivity index (χ0v) is 19.3. The number of nitrogens with zero attached hydrogens (tertiary/aromatic N) is 2.